The van der Waals surface area contributed by atoms with E-state index in [0.29, 0.717) is 5.82 Å². The average molecular weight is 175 g/mol. The lowest BCUT2D eigenvalue weighted by molar-refractivity contribution is 0.933. The summed E-state index contributed by atoms with van der Waals surface area (Å²) in [6.45, 7) is 4.13. The third kappa shape index (κ3) is 1.16. The molecule has 2 aromatic heterocycles. The fourth-order valence-electron chi connectivity index (χ4n) is 1.53. The number of hydrogen-bond donors (Lipinski definition) is 1. The molecule has 0 fully saturated rings. The molecule has 2 aromatic rings. The summed E-state index contributed by atoms with van der Waals surface area (Å²) in [4.78, 5) is 4.29. The Kier molecular flexibility index (Phi) is 1.72. The molecule has 3 nitrogen and oxygen atoms in total. The molecule has 0 aromatic carbocycles. The van der Waals surface area contributed by atoms with E-state index >= 15 is 0 Å². The number of imidazole rings is 1. The van der Waals surface area contributed by atoms with E-state index in [1.807, 2.05) is 10.6 Å². The van der Waals surface area contributed by atoms with Gasteiger partial charge < -0.3 is 10.1 Å². The first-order valence-corrected chi connectivity index (χ1v) is 4.45. The number of anilines is 1. The highest BCUT2D eigenvalue weighted by atomic mass is 15.1. The number of nitrogens with two attached hydrogens (primary N) is 1. The zero-order chi connectivity index (χ0) is 9.42. The molecular weight excluding hydrogens is 162 g/mol. The van der Waals surface area contributed by atoms with E-state index in [1.54, 1.807) is 0 Å². The van der Waals surface area contributed by atoms with Crippen LogP contribution < -0.4 is 5.73 Å². The number of aryl methyl sites for hydroxylation is 2. The van der Waals surface area contributed by atoms with Crippen molar-refractivity contribution in [3.8, 4) is 0 Å². The van der Waals surface area contributed by atoms with Gasteiger partial charge in [0.05, 0.1) is 5.52 Å². The van der Waals surface area contributed by atoms with Gasteiger partial charge in [0.2, 0.25) is 0 Å². The van der Waals surface area contributed by atoms with E-state index in [9.17, 15) is 0 Å². The van der Waals surface area contributed by atoms with E-state index in [0.717, 1.165) is 17.8 Å². The summed E-state index contributed by atoms with van der Waals surface area (Å²) in [6.07, 6.45) is 2.92. The largest absolute Gasteiger partial charge is 0.382 e. The highest BCUT2D eigenvalue weighted by Crippen LogP contribution is 2.16. The quantitative estimate of drug-likeness (QED) is 0.718. The van der Waals surface area contributed by atoms with E-state index in [1.165, 1.54) is 5.56 Å². The molecule has 0 spiro atoms. The number of pyridine rings is 1. The lowest BCUT2D eigenvalue weighted by Crippen LogP contribution is -1.91. The van der Waals surface area contributed by atoms with Crippen molar-refractivity contribution in [2.24, 2.45) is 0 Å². The van der Waals surface area contributed by atoms with Gasteiger partial charge in [-0.25, -0.2) is 4.98 Å². The van der Waals surface area contributed by atoms with Crippen molar-refractivity contribution in [1.82, 2.24) is 9.38 Å². The van der Waals surface area contributed by atoms with E-state index in [2.05, 4.69) is 31.0 Å². The van der Waals surface area contributed by atoms with Crippen LogP contribution >= 0.6 is 0 Å². The minimum absolute atomic E-state index is 0.626. The maximum atomic E-state index is 5.79. The monoisotopic (exact) mass is 175 g/mol. The SMILES string of the molecule is CCc1nc(N)c2cc(C)ccn12. The first-order chi connectivity index (χ1) is 6.22. The number of nitrogen functional groups attached to an aromatic ring is 1. The minimum Gasteiger partial charge on any atom is -0.382 e. The fourth-order valence-corrected chi connectivity index (χ4v) is 1.53. The normalized spacial score (nSPS) is 10.9. The Morgan fingerprint density at radius 3 is 3.00 bits per heavy atom. The van der Waals surface area contributed by atoms with Crippen molar-refractivity contribution < 1.29 is 0 Å². The second kappa shape index (κ2) is 2.76. The van der Waals surface area contributed by atoms with E-state index < -0.39 is 0 Å². The van der Waals surface area contributed by atoms with Crippen LogP contribution in [0.5, 0.6) is 0 Å². The Hall–Kier alpha value is -1.51. The maximum Gasteiger partial charge on any atom is 0.149 e. The van der Waals surface area contributed by atoms with Gasteiger partial charge in [-0.1, -0.05) is 6.92 Å². The second-order valence-electron chi connectivity index (χ2n) is 3.23. The van der Waals surface area contributed by atoms with Gasteiger partial charge in [-0.2, -0.15) is 0 Å². The molecule has 68 valence electrons. The summed E-state index contributed by atoms with van der Waals surface area (Å²) in [5, 5.41) is 0. The van der Waals surface area contributed by atoms with Crippen LogP contribution in [-0.4, -0.2) is 9.38 Å². The molecule has 0 aliphatic heterocycles. The van der Waals surface area contributed by atoms with Crippen LogP contribution in [0, 0.1) is 6.92 Å². The lowest BCUT2D eigenvalue weighted by Gasteiger charge is -1.98. The molecule has 0 aliphatic carbocycles. The van der Waals surface area contributed by atoms with Crippen LogP contribution in [0.25, 0.3) is 5.52 Å². The first kappa shape index (κ1) is 8.10. The van der Waals surface area contributed by atoms with Gasteiger partial charge in [0.15, 0.2) is 0 Å². The van der Waals surface area contributed by atoms with Crippen LogP contribution in [0.1, 0.15) is 18.3 Å². The zero-order valence-electron chi connectivity index (χ0n) is 7.91. The molecule has 2 heterocycles. The molecule has 0 aliphatic rings. The van der Waals surface area contributed by atoms with Crippen molar-refractivity contribution in [2.45, 2.75) is 20.3 Å². The molecule has 0 bridgehead atoms. The van der Waals surface area contributed by atoms with Gasteiger partial charge in [-0.15, -0.1) is 0 Å². The summed E-state index contributed by atoms with van der Waals surface area (Å²) in [6, 6.07) is 4.12. The van der Waals surface area contributed by atoms with Crippen molar-refractivity contribution in [3.63, 3.8) is 0 Å². The molecule has 13 heavy (non-hydrogen) atoms. The van der Waals surface area contributed by atoms with Crippen molar-refractivity contribution >= 4 is 11.3 Å². The van der Waals surface area contributed by atoms with Crippen molar-refractivity contribution in [3.05, 3.63) is 29.7 Å². The Labute approximate surface area is 77.2 Å². The number of nitrogens with zero attached hydrogens (tertiary/aromatic N) is 2. The first-order valence-electron chi connectivity index (χ1n) is 4.45. The Morgan fingerprint density at radius 2 is 2.31 bits per heavy atom. The second-order valence-corrected chi connectivity index (χ2v) is 3.23. The average Bonchev–Trinajstić information content (AvgIpc) is 2.43. The molecule has 0 amide bonds. The van der Waals surface area contributed by atoms with Gasteiger partial charge in [0.1, 0.15) is 11.6 Å². The third-order valence-corrected chi connectivity index (χ3v) is 2.22. The van der Waals surface area contributed by atoms with Crippen LogP contribution in [0.2, 0.25) is 0 Å². The minimum atomic E-state index is 0.626. The maximum absolute atomic E-state index is 5.79. The van der Waals surface area contributed by atoms with Gasteiger partial charge in [0, 0.05) is 12.6 Å². The molecule has 0 radical (unpaired) electrons. The number of fused-ring (bicyclic) bond motifs is 1. The lowest BCUT2D eigenvalue weighted by atomic mass is 10.3. The molecule has 0 saturated carbocycles. The molecule has 0 saturated heterocycles. The smallest absolute Gasteiger partial charge is 0.149 e. The summed E-state index contributed by atoms with van der Waals surface area (Å²) in [5.41, 5.74) is 8.01. The molecule has 2 rings (SSSR count). The predicted molar refractivity (Wildman–Crippen MR) is 53.7 cm³/mol. The van der Waals surface area contributed by atoms with E-state index in [4.69, 9.17) is 5.73 Å². The molecule has 0 atom stereocenters. The molecule has 3 heteroatoms. The van der Waals surface area contributed by atoms with Crippen LogP contribution in [0.15, 0.2) is 18.3 Å². The van der Waals surface area contributed by atoms with Crippen LogP contribution in [0.4, 0.5) is 5.82 Å². The third-order valence-electron chi connectivity index (χ3n) is 2.22. The molecule has 0 unspecified atom stereocenters. The molecular formula is C10H13N3. The highest BCUT2D eigenvalue weighted by molar-refractivity contribution is 5.67. The molecule has 2 N–H and O–H groups in total. The zero-order valence-corrected chi connectivity index (χ0v) is 7.91. The Morgan fingerprint density at radius 1 is 1.54 bits per heavy atom. The van der Waals surface area contributed by atoms with Crippen LogP contribution in [0.3, 0.4) is 0 Å². The van der Waals surface area contributed by atoms with Gasteiger partial charge in [-0.05, 0) is 24.6 Å². The number of hydrogen-bond acceptors (Lipinski definition) is 2. The number of aromatic nitrogens is 2. The summed E-state index contributed by atoms with van der Waals surface area (Å²) < 4.78 is 2.04. The topological polar surface area (TPSA) is 43.3 Å². The summed E-state index contributed by atoms with van der Waals surface area (Å²) in [5.74, 6) is 1.65. The van der Waals surface area contributed by atoms with Crippen molar-refractivity contribution in [1.29, 1.82) is 0 Å². The fraction of sp³-hybridized carbons (Fsp3) is 0.300. The van der Waals surface area contributed by atoms with Crippen molar-refractivity contribution in [2.75, 3.05) is 5.73 Å². The van der Waals surface area contributed by atoms with Gasteiger partial charge in [-0.3, -0.25) is 0 Å². The highest BCUT2D eigenvalue weighted by Gasteiger charge is 2.05. The Bertz CT molecular complexity index is 443. The van der Waals surface area contributed by atoms with Crippen LogP contribution in [-0.2, 0) is 6.42 Å². The standard InChI is InChI=1S/C10H13N3/c1-3-9-12-10(11)8-6-7(2)4-5-13(8)9/h4-6H,3,11H2,1-2H3. The summed E-state index contributed by atoms with van der Waals surface area (Å²) >= 11 is 0. The number of rotatable bonds is 1. The van der Waals surface area contributed by atoms with E-state index in [-0.39, 0.29) is 0 Å². The predicted octanol–water partition coefficient (Wildman–Crippen LogP) is 1.79. The summed E-state index contributed by atoms with van der Waals surface area (Å²) in [7, 11) is 0. The van der Waals surface area contributed by atoms with Gasteiger partial charge in [0.25, 0.3) is 0 Å². The Balaban J connectivity index is 2.80. The van der Waals surface area contributed by atoms with Gasteiger partial charge >= 0.3 is 0 Å².